The Bertz CT molecular complexity index is 960. The molecule has 30 heavy (non-hydrogen) atoms. The lowest BCUT2D eigenvalue weighted by atomic mass is 9.76. The summed E-state index contributed by atoms with van der Waals surface area (Å²) in [4.78, 5) is 24.9. The molecule has 3 rings (SSSR count). The Labute approximate surface area is 171 Å². The number of alkyl halides is 3. The van der Waals surface area contributed by atoms with Gasteiger partial charge in [0.1, 0.15) is 11.5 Å². The fourth-order valence-corrected chi connectivity index (χ4v) is 3.58. The predicted molar refractivity (Wildman–Crippen MR) is 100 cm³/mol. The van der Waals surface area contributed by atoms with Gasteiger partial charge < -0.3 is 19.6 Å². The fourth-order valence-electron chi connectivity index (χ4n) is 3.58. The molecule has 1 atom stereocenters. The van der Waals surface area contributed by atoms with Gasteiger partial charge in [0.15, 0.2) is 11.5 Å². The zero-order valence-corrected chi connectivity index (χ0v) is 16.7. The van der Waals surface area contributed by atoms with Gasteiger partial charge in [0.2, 0.25) is 0 Å². The molecule has 0 fully saturated rings. The number of ketones is 1. The van der Waals surface area contributed by atoms with E-state index < -0.39 is 24.1 Å². The van der Waals surface area contributed by atoms with E-state index >= 15 is 0 Å². The van der Waals surface area contributed by atoms with Crippen molar-refractivity contribution in [1.82, 2.24) is 5.32 Å². The SMILES string of the molecule is Cc1c(C(=O)NCC(O)c2ccc(OC(F)(F)F)cc2)oc2c1C(=O)CC(C)(C)C2. The maximum Gasteiger partial charge on any atom is 0.573 e. The second-order valence-electron chi connectivity index (χ2n) is 8.14. The summed E-state index contributed by atoms with van der Waals surface area (Å²) in [6.07, 6.45) is -5.05. The van der Waals surface area contributed by atoms with Crippen molar-refractivity contribution in [3.63, 3.8) is 0 Å². The van der Waals surface area contributed by atoms with Crippen LogP contribution in [0.1, 0.15) is 64.2 Å². The Balaban J connectivity index is 1.65. The number of ether oxygens (including phenoxy) is 1. The van der Waals surface area contributed by atoms with Gasteiger partial charge in [-0.05, 0) is 30.0 Å². The van der Waals surface area contributed by atoms with E-state index in [1.807, 2.05) is 13.8 Å². The maximum atomic E-state index is 12.5. The van der Waals surface area contributed by atoms with Gasteiger partial charge in [-0.2, -0.15) is 0 Å². The summed E-state index contributed by atoms with van der Waals surface area (Å²) in [5, 5.41) is 12.7. The molecule has 0 spiro atoms. The van der Waals surface area contributed by atoms with Gasteiger partial charge in [0, 0.05) is 24.9 Å². The summed E-state index contributed by atoms with van der Waals surface area (Å²) in [5.41, 5.74) is 0.962. The maximum absolute atomic E-state index is 12.5. The lowest BCUT2D eigenvalue weighted by molar-refractivity contribution is -0.274. The molecule has 9 heteroatoms. The first-order valence-electron chi connectivity index (χ1n) is 9.34. The molecule has 1 aromatic heterocycles. The van der Waals surface area contributed by atoms with Crippen LogP contribution in [0.2, 0.25) is 0 Å². The molecule has 0 aliphatic heterocycles. The van der Waals surface area contributed by atoms with E-state index in [0.29, 0.717) is 35.3 Å². The minimum absolute atomic E-state index is 0.0205. The van der Waals surface area contributed by atoms with Gasteiger partial charge in [-0.1, -0.05) is 26.0 Å². The molecule has 0 saturated carbocycles. The number of amides is 1. The molecular weight excluding hydrogens is 403 g/mol. The first-order chi connectivity index (χ1) is 13.9. The number of fused-ring (bicyclic) bond motifs is 1. The zero-order chi connectivity index (χ0) is 22.3. The van der Waals surface area contributed by atoms with Gasteiger partial charge in [0.25, 0.3) is 5.91 Å². The topological polar surface area (TPSA) is 88.8 Å². The second-order valence-corrected chi connectivity index (χ2v) is 8.14. The molecule has 1 unspecified atom stereocenters. The van der Waals surface area contributed by atoms with Crippen LogP contribution in [0.25, 0.3) is 0 Å². The molecule has 162 valence electrons. The number of carbonyl (C=O) groups is 2. The van der Waals surface area contributed by atoms with E-state index in [4.69, 9.17) is 4.42 Å². The third-order valence-corrected chi connectivity index (χ3v) is 4.94. The number of aliphatic hydroxyl groups is 1. The van der Waals surface area contributed by atoms with Crippen LogP contribution in [0.15, 0.2) is 28.7 Å². The Morgan fingerprint density at radius 1 is 1.27 bits per heavy atom. The van der Waals surface area contributed by atoms with Crippen molar-refractivity contribution in [3.05, 3.63) is 52.5 Å². The Morgan fingerprint density at radius 3 is 2.50 bits per heavy atom. The number of carbonyl (C=O) groups excluding carboxylic acids is 2. The molecule has 0 saturated heterocycles. The van der Waals surface area contributed by atoms with E-state index in [2.05, 4.69) is 10.1 Å². The van der Waals surface area contributed by atoms with Crippen molar-refractivity contribution in [3.8, 4) is 5.75 Å². The quantitative estimate of drug-likeness (QED) is 0.753. The normalized spacial score (nSPS) is 16.7. The van der Waals surface area contributed by atoms with Crippen LogP contribution in [0.4, 0.5) is 13.2 Å². The smallest absolute Gasteiger partial charge is 0.455 e. The van der Waals surface area contributed by atoms with Crippen molar-refractivity contribution < 1.29 is 37.0 Å². The van der Waals surface area contributed by atoms with Crippen LogP contribution in [-0.4, -0.2) is 29.7 Å². The highest BCUT2D eigenvalue weighted by Gasteiger charge is 2.37. The van der Waals surface area contributed by atoms with Crippen LogP contribution >= 0.6 is 0 Å². The van der Waals surface area contributed by atoms with E-state index in [1.54, 1.807) is 6.92 Å². The number of aliphatic hydroxyl groups excluding tert-OH is 1. The molecule has 2 N–H and O–H groups in total. The van der Waals surface area contributed by atoms with Gasteiger partial charge in [-0.3, -0.25) is 9.59 Å². The summed E-state index contributed by atoms with van der Waals surface area (Å²) < 4.78 is 46.1. The third-order valence-electron chi connectivity index (χ3n) is 4.94. The monoisotopic (exact) mass is 425 g/mol. The third kappa shape index (κ3) is 4.84. The van der Waals surface area contributed by atoms with Gasteiger partial charge >= 0.3 is 6.36 Å². The number of furan rings is 1. The summed E-state index contributed by atoms with van der Waals surface area (Å²) in [6.45, 7) is 5.35. The van der Waals surface area contributed by atoms with Crippen molar-refractivity contribution >= 4 is 11.7 Å². The number of Topliss-reactive ketones (excluding diaryl/α,β-unsaturated/α-hetero) is 1. The van der Waals surface area contributed by atoms with Crippen LogP contribution in [0.5, 0.6) is 5.75 Å². The van der Waals surface area contributed by atoms with Crippen LogP contribution < -0.4 is 10.1 Å². The van der Waals surface area contributed by atoms with Gasteiger partial charge in [-0.15, -0.1) is 13.2 Å². The fraction of sp³-hybridized carbons (Fsp3) is 0.429. The second kappa shape index (κ2) is 7.79. The minimum atomic E-state index is -4.80. The van der Waals surface area contributed by atoms with Crippen LogP contribution in [0, 0.1) is 12.3 Å². The lowest BCUT2D eigenvalue weighted by Gasteiger charge is -2.27. The Morgan fingerprint density at radius 2 is 1.90 bits per heavy atom. The average Bonchev–Trinajstić information content (AvgIpc) is 2.94. The molecule has 1 aromatic carbocycles. The lowest BCUT2D eigenvalue weighted by Crippen LogP contribution is -2.28. The summed E-state index contributed by atoms with van der Waals surface area (Å²) in [6, 6.07) is 4.70. The highest BCUT2D eigenvalue weighted by atomic mass is 19.4. The van der Waals surface area contributed by atoms with Crippen LogP contribution in [0.3, 0.4) is 0 Å². The molecule has 1 aliphatic carbocycles. The van der Waals surface area contributed by atoms with Crippen molar-refractivity contribution in [2.45, 2.75) is 46.1 Å². The predicted octanol–water partition coefficient (Wildman–Crippen LogP) is 4.11. The molecule has 2 aromatic rings. The zero-order valence-electron chi connectivity index (χ0n) is 16.7. The van der Waals surface area contributed by atoms with Crippen molar-refractivity contribution in [2.75, 3.05) is 6.54 Å². The molecule has 1 aliphatic rings. The molecular formula is C21H22F3NO5. The first kappa shape index (κ1) is 21.9. The number of hydrogen-bond donors (Lipinski definition) is 2. The summed E-state index contributed by atoms with van der Waals surface area (Å²) >= 11 is 0. The largest absolute Gasteiger partial charge is 0.573 e. The number of nitrogens with one attached hydrogen (secondary N) is 1. The highest BCUT2D eigenvalue weighted by Crippen LogP contribution is 2.38. The summed E-state index contributed by atoms with van der Waals surface area (Å²) in [7, 11) is 0. The molecule has 6 nitrogen and oxygen atoms in total. The highest BCUT2D eigenvalue weighted by molar-refractivity contribution is 6.03. The standard InChI is InChI=1S/C21H22F3NO5/c1-11-17-14(26)8-20(2,3)9-16(17)29-18(11)19(28)25-10-15(27)12-4-6-13(7-5-12)30-21(22,23)24/h4-7,15,27H,8-10H2,1-3H3,(H,25,28). The number of halogens is 3. The molecule has 0 bridgehead atoms. The van der Waals surface area contributed by atoms with E-state index in [9.17, 15) is 27.9 Å². The number of hydrogen-bond acceptors (Lipinski definition) is 5. The molecule has 1 heterocycles. The minimum Gasteiger partial charge on any atom is -0.455 e. The molecule has 0 radical (unpaired) electrons. The van der Waals surface area contributed by atoms with E-state index in [1.165, 1.54) is 12.1 Å². The van der Waals surface area contributed by atoms with Gasteiger partial charge in [0.05, 0.1) is 11.7 Å². The Kier molecular flexibility index (Phi) is 5.68. The van der Waals surface area contributed by atoms with E-state index in [0.717, 1.165) is 12.1 Å². The van der Waals surface area contributed by atoms with Gasteiger partial charge in [-0.25, -0.2) is 0 Å². The van der Waals surface area contributed by atoms with Crippen LogP contribution in [-0.2, 0) is 6.42 Å². The summed E-state index contributed by atoms with van der Waals surface area (Å²) in [5.74, 6) is -0.551. The molecule has 1 amide bonds. The Hall–Kier alpha value is -2.81. The first-order valence-corrected chi connectivity index (χ1v) is 9.34. The number of rotatable bonds is 5. The van der Waals surface area contributed by atoms with Crippen molar-refractivity contribution in [2.24, 2.45) is 5.41 Å². The average molecular weight is 425 g/mol. The number of benzene rings is 1. The van der Waals surface area contributed by atoms with Crippen molar-refractivity contribution in [1.29, 1.82) is 0 Å². The van der Waals surface area contributed by atoms with E-state index in [-0.39, 0.29) is 23.5 Å².